The largest absolute Gasteiger partial charge is 0.478 e. The third kappa shape index (κ3) is 9.04. The molecule has 1 N–H and O–H groups in total. The predicted molar refractivity (Wildman–Crippen MR) is 93.1 cm³/mol. The van der Waals surface area contributed by atoms with Crippen LogP contribution in [0.3, 0.4) is 0 Å². The van der Waals surface area contributed by atoms with E-state index < -0.39 is 5.97 Å². The number of hydrogen-bond donors (Lipinski definition) is 1. The molecule has 22 heavy (non-hydrogen) atoms. The monoisotopic (exact) mass is 310 g/mol. The molecule has 0 saturated heterocycles. The van der Waals surface area contributed by atoms with Crippen LogP contribution in [-0.2, 0) is 9.53 Å². The summed E-state index contributed by atoms with van der Waals surface area (Å²) in [6.45, 7) is 13.1. The average Bonchev–Trinajstić information content (AvgIpc) is 2.38. The Bertz CT molecular complexity index is 391. The molecule has 0 saturated carbocycles. The number of aliphatic carboxylic acids is 1. The van der Waals surface area contributed by atoms with E-state index in [1.54, 1.807) is 0 Å². The van der Waals surface area contributed by atoms with Gasteiger partial charge in [-0.05, 0) is 58.4 Å². The van der Waals surface area contributed by atoms with Crippen LogP contribution in [0.1, 0.15) is 73.6 Å². The molecule has 0 bridgehead atoms. The molecule has 0 fully saturated rings. The molecular formula is C19H34O3. The lowest BCUT2D eigenvalue weighted by Crippen LogP contribution is -2.24. The van der Waals surface area contributed by atoms with E-state index in [1.807, 2.05) is 26.8 Å². The van der Waals surface area contributed by atoms with Crippen molar-refractivity contribution in [2.24, 2.45) is 5.92 Å². The molecular weight excluding hydrogens is 276 g/mol. The maximum absolute atomic E-state index is 11.1. The van der Waals surface area contributed by atoms with Crippen LogP contribution in [0.15, 0.2) is 23.3 Å². The van der Waals surface area contributed by atoms with Gasteiger partial charge in [0.1, 0.15) is 0 Å². The van der Waals surface area contributed by atoms with Gasteiger partial charge >= 0.3 is 5.97 Å². The molecule has 0 aliphatic heterocycles. The zero-order valence-electron chi connectivity index (χ0n) is 15.2. The number of carbonyl (C=O) groups is 1. The van der Waals surface area contributed by atoms with Crippen LogP contribution in [0.4, 0.5) is 0 Å². The van der Waals surface area contributed by atoms with Crippen LogP contribution in [0.25, 0.3) is 0 Å². The Labute approximate surface area is 136 Å². The Morgan fingerprint density at radius 2 is 1.95 bits per heavy atom. The van der Waals surface area contributed by atoms with E-state index >= 15 is 0 Å². The van der Waals surface area contributed by atoms with Crippen LogP contribution < -0.4 is 0 Å². The molecule has 0 amide bonds. The molecule has 0 spiro atoms. The first-order valence-electron chi connectivity index (χ1n) is 8.47. The minimum atomic E-state index is -0.809. The maximum Gasteiger partial charge on any atom is 0.331 e. The van der Waals surface area contributed by atoms with E-state index in [-0.39, 0.29) is 5.60 Å². The Hall–Kier alpha value is -1.09. The molecule has 3 heteroatoms. The minimum Gasteiger partial charge on any atom is -0.478 e. The molecule has 0 aromatic carbocycles. The van der Waals surface area contributed by atoms with Crippen molar-refractivity contribution >= 4 is 5.97 Å². The molecule has 0 heterocycles. The van der Waals surface area contributed by atoms with Crippen molar-refractivity contribution in [2.75, 3.05) is 6.61 Å². The minimum absolute atomic E-state index is 0.0266. The Kier molecular flexibility index (Phi) is 10.1. The fourth-order valence-electron chi connectivity index (χ4n) is 2.63. The Balaban J connectivity index is 4.21. The van der Waals surface area contributed by atoms with Gasteiger partial charge in [0, 0.05) is 12.2 Å². The Morgan fingerprint density at radius 3 is 2.45 bits per heavy atom. The number of carboxylic acids is 1. The first kappa shape index (κ1) is 20.9. The third-order valence-electron chi connectivity index (χ3n) is 4.00. The molecule has 3 nitrogen and oxygen atoms in total. The summed E-state index contributed by atoms with van der Waals surface area (Å²) >= 11 is 0. The molecule has 1 atom stereocenters. The van der Waals surface area contributed by atoms with Gasteiger partial charge in [-0.15, -0.1) is 0 Å². The van der Waals surface area contributed by atoms with Crippen molar-refractivity contribution in [1.29, 1.82) is 0 Å². The van der Waals surface area contributed by atoms with Gasteiger partial charge in [0.2, 0.25) is 0 Å². The van der Waals surface area contributed by atoms with Gasteiger partial charge in [-0.3, -0.25) is 0 Å². The zero-order chi connectivity index (χ0) is 17.2. The second-order valence-electron chi connectivity index (χ2n) is 6.65. The van der Waals surface area contributed by atoms with E-state index in [0.717, 1.165) is 31.4 Å². The number of ether oxygens (including phenoxy) is 1. The summed E-state index contributed by atoms with van der Waals surface area (Å²) in [5.74, 6) is -0.202. The summed E-state index contributed by atoms with van der Waals surface area (Å²) in [7, 11) is 0. The van der Waals surface area contributed by atoms with Gasteiger partial charge in [0.05, 0.1) is 5.60 Å². The highest BCUT2D eigenvalue weighted by molar-refractivity contribution is 5.87. The highest BCUT2D eigenvalue weighted by Gasteiger charge is 2.17. The number of hydrogen-bond acceptors (Lipinski definition) is 2. The Morgan fingerprint density at radius 1 is 1.32 bits per heavy atom. The number of allylic oxidation sites excluding steroid dienone is 3. The van der Waals surface area contributed by atoms with Crippen molar-refractivity contribution in [3.8, 4) is 0 Å². The van der Waals surface area contributed by atoms with Gasteiger partial charge in [0.15, 0.2) is 0 Å². The van der Waals surface area contributed by atoms with E-state index in [9.17, 15) is 4.79 Å². The van der Waals surface area contributed by atoms with Crippen molar-refractivity contribution in [3.63, 3.8) is 0 Å². The maximum atomic E-state index is 11.1. The van der Waals surface area contributed by atoms with Crippen molar-refractivity contribution in [3.05, 3.63) is 23.3 Å². The molecule has 0 rings (SSSR count). The first-order valence-corrected chi connectivity index (χ1v) is 8.47. The van der Waals surface area contributed by atoms with Crippen LogP contribution in [0.5, 0.6) is 0 Å². The van der Waals surface area contributed by atoms with Crippen molar-refractivity contribution < 1.29 is 14.6 Å². The lowest BCUT2D eigenvalue weighted by molar-refractivity contribution is -0.132. The van der Waals surface area contributed by atoms with Crippen molar-refractivity contribution in [2.45, 2.75) is 79.2 Å². The van der Waals surface area contributed by atoms with E-state index in [0.29, 0.717) is 17.9 Å². The molecule has 0 radical (unpaired) electrons. The first-order chi connectivity index (χ1) is 10.2. The van der Waals surface area contributed by atoms with Gasteiger partial charge in [-0.1, -0.05) is 38.8 Å². The molecule has 1 unspecified atom stereocenters. The van der Waals surface area contributed by atoms with Gasteiger partial charge in [-0.25, -0.2) is 4.79 Å². The van der Waals surface area contributed by atoms with Gasteiger partial charge < -0.3 is 9.84 Å². The average molecular weight is 310 g/mol. The van der Waals surface area contributed by atoms with E-state index in [1.165, 1.54) is 6.42 Å². The fourth-order valence-corrected chi connectivity index (χ4v) is 2.63. The second-order valence-corrected chi connectivity index (χ2v) is 6.65. The zero-order valence-corrected chi connectivity index (χ0v) is 15.2. The lowest BCUT2D eigenvalue weighted by atomic mass is 9.94. The predicted octanol–water partition coefficient (Wildman–Crippen LogP) is 5.37. The molecule has 0 aromatic rings. The summed E-state index contributed by atoms with van der Waals surface area (Å²) in [6, 6.07) is 0. The van der Waals surface area contributed by atoms with Gasteiger partial charge in [0.25, 0.3) is 0 Å². The number of rotatable bonds is 11. The normalized spacial score (nSPS) is 15.0. The summed E-state index contributed by atoms with van der Waals surface area (Å²) in [6.07, 6.45) is 9.01. The van der Waals surface area contributed by atoms with Gasteiger partial charge in [-0.2, -0.15) is 0 Å². The molecule has 0 aliphatic carbocycles. The number of carboxylic acid groups (broad SMARTS) is 1. The quantitative estimate of drug-likeness (QED) is 0.412. The standard InChI is InChI=1S/C19H34O3/c1-7-17(18(20)21)16(4)13-9-11-15(3)12-10-14-19(5,6)22-8-2/h9,13,15H,7-8,10-12,14H2,1-6H3,(H,20,21). The summed E-state index contributed by atoms with van der Waals surface area (Å²) in [4.78, 5) is 11.1. The lowest BCUT2D eigenvalue weighted by Gasteiger charge is -2.25. The van der Waals surface area contributed by atoms with Crippen LogP contribution in [-0.4, -0.2) is 23.3 Å². The summed E-state index contributed by atoms with van der Waals surface area (Å²) < 4.78 is 5.71. The summed E-state index contributed by atoms with van der Waals surface area (Å²) in [5, 5.41) is 9.08. The molecule has 0 aromatic heterocycles. The second kappa shape index (κ2) is 10.6. The van der Waals surface area contributed by atoms with Crippen LogP contribution in [0, 0.1) is 5.92 Å². The highest BCUT2D eigenvalue weighted by Crippen LogP contribution is 2.21. The smallest absolute Gasteiger partial charge is 0.331 e. The van der Waals surface area contributed by atoms with Crippen LogP contribution in [0.2, 0.25) is 0 Å². The van der Waals surface area contributed by atoms with E-state index in [2.05, 4.69) is 26.8 Å². The fraction of sp³-hybridized carbons (Fsp3) is 0.737. The highest BCUT2D eigenvalue weighted by atomic mass is 16.5. The topological polar surface area (TPSA) is 46.5 Å². The summed E-state index contributed by atoms with van der Waals surface area (Å²) in [5.41, 5.74) is 1.34. The van der Waals surface area contributed by atoms with E-state index in [4.69, 9.17) is 9.84 Å². The third-order valence-corrected chi connectivity index (χ3v) is 4.00. The van der Waals surface area contributed by atoms with Crippen molar-refractivity contribution in [1.82, 2.24) is 0 Å². The molecule has 0 aliphatic rings. The molecule has 128 valence electrons. The van der Waals surface area contributed by atoms with Crippen LogP contribution >= 0.6 is 0 Å². The SMILES string of the molecule is CCOC(C)(C)CCCC(C)CC=CC(C)=C(CC)C(=O)O.